The van der Waals surface area contributed by atoms with Gasteiger partial charge >= 0.3 is 33.3 Å². The molecule has 2 unspecified atom stereocenters. The van der Waals surface area contributed by atoms with E-state index in [-0.39, 0.29) is 18.7 Å². The molecule has 0 bridgehead atoms. The number of nitrogens with two attached hydrogens (primary N) is 1. The van der Waals surface area contributed by atoms with Gasteiger partial charge in [-0.2, -0.15) is 9.29 Å². The standard InChI is InChI=1S/C40H73N3O15P2/c1-3-5-7-9-11-13-15-17-19-21-23-25-35(44)53-29-32(56-36(45)26-24-22-20-18-16-14-12-10-8-6-4-2)30-54-59(49,50)58-60(51,52)55-31-33-37(46)38(47)39(57-33)43-28-27-34(41)42-40(43)48/h27-28,32-33,37-39,46-47H,3-26,29-31H2,1-2H3,(H,49,50)(H,51,52)(H2,41,42,48)/t32-,33-,37-,38-,39-/m1/s1. The maximum atomic E-state index is 12.8. The van der Waals surface area contributed by atoms with E-state index in [2.05, 4.69) is 23.1 Å². The van der Waals surface area contributed by atoms with Crippen molar-refractivity contribution in [2.75, 3.05) is 25.6 Å². The minimum atomic E-state index is -5.41. The number of nitrogens with zero attached hydrogens (tertiary/aromatic N) is 2. The van der Waals surface area contributed by atoms with Gasteiger partial charge in [0.25, 0.3) is 0 Å². The number of aliphatic hydroxyl groups is 2. The zero-order valence-corrected chi connectivity index (χ0v) is 37.6. The van der Waals surface area contributed by atoms with Crippen LogP contribution in [0.1, 0.15) is 174 Å². The summed E-state index contributed by atoms with van der Waals surface area (Å²) >= 11 is 0. The highest BCUT2D eigenvalue weighted by molar-refractivity contribution is 7.61. The molecule has 60 heavy (non-hydrogen) atoms. The number of hydrogen-bond donors (Lipinski definition) is 5. The minimum Gasteiger partial charge on any atom is -0.462 e. The van der Waals surface area contributed by atoms with E-state index >= 15 is 0 Å². The van der Waals surface area contributed by atoms with Crippen LogP contribution in [0, 0.1) is 0 Å². The van der Waals surface area contributed by atoms with Gasteiger partial charge in [-0.3, -0.25) is 23.2 Å². The predicted octanol–water partition coefficient (Wildman–Crippen LogP) is 7.55. The third kappa shape index (κ3) is 23.8. The lowest BCUT2D eigenvalue weighted by Crippen LogP contribution is -2.36. The highest BCUT2D eigenvalue weighted by Crippen LogP contribution is 2.60. The van der Waals surface area contributed by atoms with Crippen molar-refractivity contribution in [3.63, 3.8) is 0 Å². The maximum Gasteiger partial charge on any atom is 0.481 e. The van der Waals surface area contributed by atoms with E-state index in [4.69, 9.17) is 29.0 Å². The molecule has 0 aliphatic carbocycles. The molecule has 1 saturated heterocycles. The zero-order valence-electron chi connectivity index (χ0n) is 35.8. The molecule has 1 aliphatic heterocycles. The number of phosphoric ester groups is 2. The van der Waals surface area contributed by atoms with Crippen LogP contribution in [0.4, 0.5) is 5.82 Å². The summed E-state index contributed by atoms with van der Waals surface area (Å²) in [5.74, 6) is -1.29. The number of unbranched alkanes of at least 4 members (excludes halogenated alkanes) is 20. The SMILES string of the molecule is CCCCCCCCCCCCCC(=O)OC[C@H](COP(=O)(O)OP(=O)(O)OC[C@H]1O[C@@H](n2ccc(N)nc2=O)[C@H](O)[C@@H]1O)OC(=O)CCCCCCCCCCCCC. The van der Waals surface area contributed by atoms with Gasteiger partial charge < -0.3 is 39.9 Å². The number of anilines is 1. The zero-order chi connectivity index (χ0) is 44.2. The number of aromatic nitrogens is 2. The topological polar surface area (TPSA) is 265 Å². The fraction of sp³-hybridized carbons (Fsp3) is 0.850. The highest BCUT2D eigenvalue weighted by atomic mass is 31.3. The summed E-state index contributed by atoms with van der Waals surface area (Å²) in [4.78, 5) is 61.5. The molecule has 1 aromatic heterocycles. The van der Waals surface area contributed by atoms with Crippen molar-refractivity contribution in [1.29, 1.82) is 0 Å². The summed E-state index contributed by atoms with van der Waals surface area (Å²) in [6, 6.07) is 1.25. The molecule has 0 spiro atoms. The van der Waals surface area contributed by atoms with E-state index in [1.807, 2.05) is 0 Å². The Bertz CT molecular complexity index is 1500. The molecular weight excluding hydrogens is 824 g/mol. The number of hydrogen-bond acceptors (Lipinski definition) is 15. The first-order valence-corrected chi connectivity index (χ1v) is 25.0. The Balaban J connectivity index is 1.85. The largest absolute Gasteiger partial charge is 0.481 e. The number of carbonyl (C=O) groups is 2. The van der Waals surface area contributed by atoms with E-state index in [0.717, 1.165) is 62.1 Å². The Morgan fingerprint density at radius 2 is 1.20 bits per heavy atom. The lowest BCUT2D eigenvalue weighted by atomic mass is 10.1. The number of aliphatic hydroxyl groups excluding tert-OH is 2. The Morgan fingerprint density at radius 1 is 0.733 bits per heavy atom. The Morgan fingerprint density at radius 3 is 1.70 bits per heavy atom. The molecule has 0 radical (unpaired) electrons. The third-order valence-electron chi connectivity index (χ3n) is 10.2. The van der Waals surface area contributed by atoms with Gasteiger partial charge in [-0.1, -0.05) is 142 Å². The molecule has 0 amide bonds. The van der Waals surface area contributed by atoms with E-state index in [1.54, 1.807) is 0 Å². The van der Waals surface area contributed by atoms with Crippen molar-refractivity contribution in [1.82, 2.24) is 9.55 Å². The first-order chi connectivity index (χ1) is 28.7. The number of carbonyl (C=O) groups excluding carboxylic acids is 2. The number of rotatable bonds is 36. The van der Waals surface area contributed by atoms with Gasteiger partial charge in [0.05, 0.1) is 13.2 Å². The molecule has 18 nitrogen and oxygen atoms in total. The van der Waals surface area contributed by atoms with Crippen molar-refractivity contribution in [2.24, 2.45) is 0 Å². The molecule has 1 aromatic rings. The second-order valence-corrected chi connectivity index (χ2v) is 18.6. The number of nitrogen functional groups attached to an aromatic ring is 1. The Labute approximate surface area is 355 Å². The molecule has 0 aromatic carbocycles. The van der Waals surface area contributed by atoms with Gasteiger partial charge in [0.2, 0.25) is 0 Å². The average Bonchev–Trinajstić information content (AvgIpc) is 3.47. The van der Waals surface area contributed by atoms with Gasteiger partial charge in [-0.15, -0.1) is 0 Å². The molecule has 2 rings (SSSR count). The van der Waals surface area contributed by atoms with Gasteiger partial charge in [0, 0.05) is 19.0 Å². The molecule has 7 atom stereocenters. The molecular formula is C40H73N3O15P2. The third-order valence-corrected chi connectivity index (χ3v) is 12.8. The molecule has 1 fully saturated rings. The van der Waals surface area contributed by atoms with Crippen molar-refractivity contribution >= 4 is 33.4 Å². The molecule has 6 N–H and O–H groups in total. The number of ether oxygens (including phenoxy) is 3. The monoisotopic (exact) mass is 897 g/mol. The first-order valence-electron chi connectivity index (χ1n) is 22.0. The average molecular weight is 898 g/mol. The number of esters is 2. The van der Waals surface area contributed by atoms with Crippen LogP contribution in [-0.4, -0.2) is 85.7 Å². The summed E-state index contributed by atoms with van der Waals surface area (Å²) < 4.78 is 56.5. The summed E-state index contributed by atoms with van der Waals surface area (Å²) in [6.45, 7) is 2.12. The summed E-state index contributed by atoms with van der Waals surface area (Å²) in [5, 5.41) is 20.8. The minimum absolute atomic E-state index is 0.0568. The van der Waals surface area contributed by atoms with Crippen LogP contribution >= 0.6 is 15.6 Å². The summed E-state index contributed by atoms with van der Waals surface area (Å²) in [5.41, 5.74) is 4.57. The van der Waals surface area contributed by atoms with Crippen molar-refractivity contribution in [2.45, 2.75) is 199 Å². The molecule has 0 saturated carbocycles. The second-order valence-electron chi connectivity index (χ2n) is 15.6. The fourth-order valence-electron chi connectivity index (χ4n) is 6.72. The van der Waals surface area contributed by atoms with Crippen molar-refractivity contribution in [3.05, 3.63) is 22.7 Å². The number of phosphoric acid groups is 2. The van der Waals surface area contributed by atoms with E-state index in [0.29, 0.717) is 12.8 Å². The lowest BCUT2D eigenvalue weighted by Gasteiger charge is -2.21. The van der Waals surface area contributed by atoms with E-state index < -0.39 is 83.7 Å². The lowest BCUT2D eigenvalue weighted by molar-refractivity contribution is -0.161. The van der Waals surface area contributed by atoms with Crippen LogP contribution in [0.15, 0.2) is 17.1 Å². The Hall–Kier alpha value is -2.24. The fourth-order valence-corrected chi connectivity index (χ4v) is 8.84. The van der Waals surface area contributed by atoms with Crippen LogP contribution in [0.3, 0.4) is 0 Å². The van der Waals surface area contributed by atoms with Gasteiger partial charge in [-0.05, 0) is 18.9 Å². The quantitative estimate of drug-likeness (QED) is 0.0247. The molecule has 20 heteroatoms. The molecule has 2 heterocycles. The van der Waals surface area contributed by atoms with E-state index in [9.17, 15) is 43.5 Å². The van der Waals surface area contributed by atoms with Crippen LogP contribution in [-0.2, 0) is 46.3 Å². The first kappa shape index (κ1) is 53.9. The maximum absolute atomic E-state index is 12.8. The van der Waals surface area contributed by atoms with Gasteiger partial charge in [0.1, 0.15) is 30.7 Å². The van der Waals surface area contributed by atoms with Gasteiger partial charge in [0.15, 0.2) is 12.3 Å². The normalized spacial score (nSPS) is 20.4. The second kappa shape index (κ2) is 30.7. The van der Waals surface area contributed by atoms with Crippen molar-refractivity contribution < 1.29 is 66.3 Å². The Kier molecular flexibility index (Phi) is 27.6. The predicted molar refractivity (Wildman–Crippen MR) is 224 cm³/mol. The summed E-state index contributed by atoms with van der Waals surface area (Å²) in [7, 11) is -10.8. The summed E-state index contributed by atoms with van der Waals surface area (Å²) in [6.07, 6.45) is 17.8. The molecule has 348 valence electrons. The molecule has 1 aliphatic rings. The van der Waals surface area contributed by atoms with Gasteiger partial charge in [-0.25, -0.2) is 13.9 Å². The smallest absolute Gasteiger partial charge is 0.462 e. The highest BCUT2D eigenvalue weighted by Gasteiger charge is 2.46. The van der Waals surface area contributed by atoms with E-state index in [1.165, 1.54) is 83.1 Å². The van der Waals surface area contributed by atoms with Crippen LogP contribution in [0.5, 0.6) is 0 Å². The van der Waals surface area contributed by atoms with Crippen LogP contribution in [0.2, 0.25) is 0 Å². The van der Waals surface area contributed by atoms with Crippen LogP contribution in [0.25, 0.3) is 0 Å². The van der Waals surface area contributed by atoms with Crippen LogP contribution < -0.4 is 11.4 Å². The van der Waals surface area contributed by atoms with Crippen molar-refractivity contribution in [3.8, 4) is 0 Å².